The Hall–Kier alpha value is -0.120. The van der Waals surface area contributed by atoms with Gasteiger partial charge in [-0.15, -0.1) is 0 Å². The molecule has 1 saturated heterocycles. The minimum atomic E-state index is 0.208. The number of aliphatic hydroxyl groups is 1. The van der Waals surface area contributed by atoms with Gasteiger partial charge in [0.05, 0.1) is 0 Å². The summed E-state index contributed by atoms with van der Waals surface area (Å²) in [6, 6.07) is 0.659. The second-order valence-electron chi connectivity index (χ2n) is 6.22. The van der Waals surface area contributed by atoms with Gasteiger partial charge in [0.1, 0.15) is 0 Å². The monoisotopic (exact) mass is 228 g/mol. The highest BCUT2D eigenvalue weighted by molar-refractivity contribution is 4.93. The Morgan fingerprint density at radius 3 is 2.44 bits per heavy atom. The maximum Gasteiger partial charge on any atom is 0.0471 e. The number of likely N-dealkylation sites (tertiary alicyclic amines) is 1. The van der Waals surface area contributed by atoms with E-state index in [4.69, 9.17) is 5.73 Å². The Bertz CT molecular complexity index is 212. The number of nitrogens with zero attached hydrogens (tertiary/aromatic N) is 1. The summed E-state index contributed by atoms with van der Waals surface area (Å²) in [6.45, 7) is 11.4. The van der Waals surface area contributed by atoms with Crippen molar-refractivity contribution in [3.8, 4) is 0 Å². The van der Waals surface area contributed by atoms with Crippen molar-refractivity contribution in [1.82, 2.24) is 4.90 Å². The van der Waals surface area contributed by atoms with Crippen molar-refractivity contribution in [2.75, 3.05) is 19.7 Å². The normalized spacial score (nSPS) is 27.0. The van der Waals surface area contributed by atoms with Crippen molar-refractivity contribution < 1.29 is 5.11 Å². The van der Waals surface area contributed by atoms with Gasteiger partial charge in [0, 0.05) is 25.2 Å². The second-order valence-corrected chi connectivity index (χ2v) is 6.22. The molecule has 96 valence electrons. The third kappa shape index (κ3) is 3.19. The molecule has 1 aliphatic rings. The Labute approximate surface area is 100 Å². The lowest BCUT2D eigenvalue weighted by Crippen LogP contribution is -2.53. The first-order valence-corrected chi connectivity index (χ1v) is 6.50. The molecule has 16 heavy (non-hydrogen) atoms. The number of rotatable bonds is 4. The van der Waals surface area contributed by atoms with E-state index in [1.165, 1.54) is 0 Å². The minimum absolute atomic E-state index is 0.208. The van der Waals surface area contributed by atoms with Crippen LogP contribution in [0.3, 0.4) is 0 Å². The molecule has 0 bridgehead atoms. The summed E-state index contributed by atoms with van der Waals surface area (Å²) < 4.78 is 0. The lowest BCUT2D eigenvalue weighted by molar-refractivity contribution is 0.0906. The van der Waals surface area contributed by atoms with Crippen LogP contribution in [0.1, 0.15) is 40.5 Å². The van der Waals surface area contributed by atoms with E-state index in [2.05, 4.69) is 32.6 Å². The van der Waals surface area contributed by atoms with Crippen molar-refractivity contribution >= 4 is 0 Å². The molecule has 1 heterocycles. The van der Waals surface area contributed by atoms with Gasteiger partial charge in [-0.3, -0.25) is 4.90 Å². The van der Waals surface area contributed by atoms with E-state index >= 15 is 0 Å². The molecule has 0 aromatic heterocycles. The SMILES string of the molecule is CCC(N)C(N1CCC(CO)C1)C(C)(C)C. The summed E-state index contributed by atoms with van der Waals surface area (Å²) in [5.74, 6) is 0.453. The average Bonchev–Trinajstić information content (AvgIpc) is 2.64. The summed E-state index contributed by atoms with van der Waals surface area (Å²) >= 11 is 0. The predicted molar refractivity (Wildman–Crippen MR) is 68.3 cm³/mol. The Balaban J connectivity index is 2.71. The van der Waals surface area contributed by atoms with Gasteiger partial charge >= 0.3 is 0 Å². The standard InChI is InChI=1S/C13H28N2O/c1-5-11(14)12(13(2,3)4)15-7-6-10(8-15)9-16/h10-12,16H,5-9,14H2,1-4H3. The number of aliphatic hydroxyl groups excluding tert-OH is 1. The molecule has 3 unspecified atom stereocenters. The first-order chi connectivity index (χ1) is 7.40. The fourth-order valence-electron chi connectivity index (χ4n) is 2.95. The average molecular weight is 228 g/mol. The fourth-order valence-corrected chi connectivity index (χ4v) is 2.95. The van der Waals surface area contributed by atoms with Gasteiger partial charge in [-0.2, -0.15) is 0 Å². The number of hydrogen-bond donors (Lipinski definition) is 2. The predicted octanol–water partition coefficient (Wildman–Crippen LogP) is 1.45. The third-order valence-corrected chi connectivity index (χ3v) is 3.73. The van der Waals surface area contributed by atoms with E-state index in [1.807, 2.05) is 0 Å². The first-order valence-electron chi connectivity index (χ1n) is 6.50. The molecule has 1 fully saturated rings. The van der Waals surface area contributed by atoms with Gasteiger partial charge in [0.15, 0.2) is 0 Å². The van der Waals surface area contributed by atoms with Crippen molar-refractivity contribution in [2.24, 2.45) is 17.1 Å². The van der Waals surface area contributed by atoms with Crippen LogP contribution in [0.15, 0.2) is 0 Å². The largest absolute Gasteiger partial charge is 0.396 e. The van der Waals surface area contributed by atoms with Crippen molar-refractivity contribution in [2.45, 2.75) is 52.6 Å². The zero-order chi connectivity index (χ0) is 12.3. The minimum Gasteiger partial charge on any atom is -0.396 e. The van der Waals surface area contributed by atoms with Crippen LogP contribution in [-0.4, -0.2) is 41.8 Å². The van der Waals surface area contributed by atoms with Gasteiger partial charge in [-0.25, -0.2) is 0 Å². The van der Waals surface area contributed by atoms with Gasteiger partial charge in [0.2, 0.25) is 0 Å². The highest BCUT2D eigenvalue weighted by Crippen LogP contribution is 2.31. The van der Waals surface area contributed by atoms with Crippen LogP contribution in [0.5, 0.6) is 0 Å². The van der Waals surface area contributed by atoms with E-state index in [9.17, 15) is 5.11 Å². The highest BCUT2D eigenvalue weighted by atomic mass is 16.3. The van der Waals surface area contributed by atoms with E-state index in [0.29, 0.717) is 18.6 Å². The second kappa shape index (κ2) is 5.48. The van der Waals surface area contributed by atoms with Crippen LogP contribution in [0.2, 0.25) is 0 Å². The van der Waals surface area contributed by atoms with E-state index in [1.54, 1.807) is 0 Å². The Morgan fingerprint density at radius 2 is 2.06 bits per heavy atom. The molecule has 3 nitrogen and oxygen atoms in total. The molecule has 0 aromatic carbocycles. The van der Waals surface area contributed by atoms with Crippen molar-refractivity contribution in [3.63, 3.8) is 0 Å². The van der Waals surface area contributed by atoms with Crippen LogP contribution in [-0.2, 0) is 0 Å². The molecule has 1 rings (SSSR count). The highest BCUT2D eigenvalue weighted by Gasteiger charge is 2.37. The molecule has 3 atom stereocenters. The van der Waals surface area contributed by atoms with Crippen LogP contribution in [0.25, 0.3) is 0 Å². The van der Waals surface area contributed by atoms with Crippen LogP contribution >= 0.6 is 0 Å². The molecule has 0 radical (unpaired) electrons. The van der Waals surface area contributed by atoms with Crippen LogP contribution in [0, 0.1) is 11.3 Å². The summed E-state index contributed by atoms with van der Waals surface area (Å²) in [5.41, 5.74) is 6.47. The van der Waals surface area contributed by atoms with E-state index in [-0.39, 0.29) is 11.5 Å². The summed E-state index contributed by atoms with van der Waals surface area (Å²) in [4.78, 5) is 2.48. The van der Waals surface area contributed by atoms with Crippen molar-refractivity contribution in [1.29, 1.82) is 0 Å². The molecule has 3 N–H and O–H groups in total. The van der Waals surface area contributed by atoms with Gasteiger partial charge in [-0.05, 0) is 30.7 Å². The quantitative estimate of drug-likeness (QED) is 0.766. The molecule has 0 aliphatic carbocycles. The Morgan fingerprint density at radius 1 is 1.44 bits per heavy atom. The zero-order valence-electron chi connectivity index (χ0n) is 11.2. The van der Waals surface area contributed by atoms with Gasteiger partial charge < -0.3 is 10.8 Å². The molecular formula is C13H28N2O. The fraction of sp³-hybridized carbons (Fsp3) is 1.00. The molecule has 0 saturated carbocycles. The first kappa shape index (κ1) is 13.9. The topological polar surface area (TPSA) is 49.5 Å². The molecule has 1 aliphatic heterocycles. The number of hydrogen-bond acceptors (Lipinski definition) is 3. The van der Waals surface area contributed by atoms with E-state index in [0.717, 1.165) is 25.9 Å². The summed E-state index contributed by atoms with van der Waals surface area (Å²) in [5, 5.41) is 9.21. The Kier molecular flexibility index (Phi) is 4.77. The molecule has 0 amide bonds. The third-order valence-electron chi connectivity index (χ3n) is 3.73. The maximum atomic E-state index is 9.21. The summed E-state index contributed by atoms with van der Waals surface area (Å²) in [7, 11) is 0. The molecule has 3 heteroatoms. The van der Waals surface area contributed by atoms with Gasteiger partial charge in [-0.1, -0.05) is 27.7 Å². The van der Waals surface area contributed by atoms with Crippen LogP contribution in [0.4, 0.5) is 0 Å². The number of nitrogens with two attached hydrogens (primary N) is 1. The zero-order valence-corrected chi connectivity index (χ0v) is 11.2. The van der Waals surface area contributed by atoms with E-state index < -0.39 is 0 Å². The molecule has 0 aromatic rings. The molecular weight excluding hydrogens is 200 g/mol. The van der Waals surface area contributed by atoms with Crippen molar-refractivity contribution in [3.05, 3.63) is 0 Å². The van der Waals surface area contributed by atoms with Crippen LogP contribution < -0.4 is 5.73 Å². The smallest absolute Gasteiger partial charge is 0.0471 e. The summed E-state index contributed by atoms with van der Waals surface area (Å²) in [6.07, 6.45) is 2.13. The maximum absolute atomic E-state index is 9.21. The molecule has 0 spiro atoms. The van der Waals surface area contributed by atoms with Gasteiger partial charge in [0.25, 0.3) is 0 Å². The lowest BCUT2D eigenvalue weighted by atomic mass is 9.80. The lowest BCUT2D eigenvalue weighted by Gasteiger charge is -2.41.